The van der Waals surface area contributed by atoms with Crippen LogP contribution in [0.5, 0.6) is 0 Å². The number of rotatable bonds is 4. The fourth-order valence-corrected chi connectivity index (χ4v) is 2.53. The first kappa shape index (κ1) is 20.3. The first-order valence-corrected chi connectivity index (χ1v) is 8.44. The number of ether oxygens (including phenoxy) is 1. The predicted molar refractivity (Wildman–Crippen MR) is 91.4 cm³/mol. The maximum absolute atomic E-state index is 12.3. The summed E-state index contributed by atoms with van der Waals surface area (Å²) in [5.74, 6) is -0.0632. The van der Waals surface area contributed by atoms with Crippen LogP contribution in [0.2, 0.25) is 0 Å². The molecule has 3 amide bonds. The molecule has 7 nitrogen and oxygen atoms in total. The van der Waals surface area contributed by atoms with Gasteiger partial charge < -0.3 is 20.3 Å². The van der Waals surface area contributed by atoms with Crippen LogP contribution >= 0.6 is 0 Å². The van der Waals surface area contributed by atoms with Gasteiger partial charge in [0, 0.05) is 32.5 Å². The van der Waals surface area contributed by atoms with Crippen LogP contribution in [-0.4, -0.2) is 53.6 Å². The number of carbonyl (C=O) groups excluding carboxylic acids is 3. The third-order valence-electron chi connectivity index (χ3n) is 3.85. The minimum absolute atomic E-state index is 0.0303. The van der Waals surface area contributed by atoms with Gasteiger partial charge in [-0.15, -0.1) is 0 Å². The lowest BCUT2D eigenvalue weighted by Gasteiger charge is -2.32. The lowest BCUT2D eigenvalue weighted by molar-refractivity contribution is -0.134. The molecule has 1 aliphatic heterocycles. The Balaban J connectivity index is 2.40. The number of likely N-dealkylation sites (tertiary alicyclic amines) is 1. The second-order valence-electron chi connectivity index (χ2n) is 8.01. The van der Waals surface area contributed by atoms with Crippen LogP contribution in [-0.2, 0) is 14.3 Å². The van der Waals surface area contributed by atoms with Gasteiger partial charge in [0.1, 0.15) is 5.60 Å². The molecule has 1 rings (SSSR count). The molecule has 0 atom stereocenters. The fourth-order valence-electron chi connectivity index (χ4n) is 2.53. The van der Waals surface area contributed by atoms with E-state index in [2.05, 4.69) is 10.6 Å². The minimum Gasteiger partial charge on any atom is -0.444 e. The van der Waals surface area contributed by atoms with Gasteiger partial charge in [-0.2, -0.15) is 0 Å². The number of piperidine rings is 1. The molecule has 0 aromatic carbocycles. The zero-order valence-electron chi connectivity index (χ0n) is 15.7. The lowest BCUT2D eigenvalue weighted by atomic mass is 9.95. The summed E-state index contributed by atoms with van der Waals surface area (Å²) in [5, 5.41) is 5.66. The molecule has 1 fully saturated rings. The summed E-state index contributed by atoms with van der Waals surface area (Å²) in [6, 6.07) is 0. The van der Waals surface area contributed by atoms with Crippen LogP contribution in [0, 0.1) is 5.92 Å². The molecule has 0 saturated carbocycles. The second-order valence-corrected chi connectivity index (χ2v) is 8.01. The Morgan fingerprint density at radius 2 is 1.62 bits per heavy atom. The van der Waals surface area contributed by atoms with Gasteiger partial charge in [-0.3, -0.25) is 9.59 Å². The van der Waals surface area contributed by atoms with Gasteiger partial charge >= 0.3 is 6.09 Å². The molecule has 1 saturated heterocycles. The topological polar surface area (TPSA) is 87.7 Å². The molecule has 1 aliphatic rings. The summed E-state index contributed by atoms with van der Waals surface area (Å²) >= 11 is 0. The molecule has 0 radical (unpaired) electrons. The van der Waals surface area contributed by atoms with Gasteiger partial charge in [-0.25, -0.2) is 4.79 Å². The maximum atomic E-state index is 12.3. The van der Waals surface area contributed by atoms with E-state index in [0.717, 1.165) is 0 Å². The fraction of sp³-hybridized carbons (Fsp3) is 0.824. The van der Waals surface area contributed by atoms with Gasteiger partial charge in [0.2, 0.25) is 11.8 Å². The van der Waals surface area contributed by atoms with Gasteiger partial charge in [0.15, 0.2) is 0 Å². The van der Waals surface area contributed by atoms with Crippen LogP contribution in [0.15, 0.2) is 0 Å². The molecule has 0 bridgehead atoms. The third-order valence-corrected chi connectivity index (χ3v) is 3.85. The summed E-state index contributed by atoms with van der Waals surface area (Å²) in [4.78, 5) is 37.2. The zero-order chi connectivity index (χ0) is 18.5. The van der Waals surface area contributed by atoms with Crippen LogP contribution in [0.1, 0.15) is 54.4 Å². The number of nitrogens with zero attached hydrogens (tertiary/aromatic N) is 1. The van der Waals surface area contributed by atoms with E-state index in [9.17, 15) is 14.4 Å². The van der Waals surface area contributed by atoms with Crippen molar-refractivity contribution in [1.82, 2.24) is 15.5 Å². The summed E-state index contributed by atoms with van der Waals surface area (Å²) in [6.45, 7) is 12.2. The van der Waals surface area contributed by atoms with Gasteiger partial charge in [0.25, 0.3) is 0 Å². The van der Waals surface area contributed by atoms with E-state index < -0.39 is 17.2 Å². The van der Waals surface area contributed by atoms with Gasteiger partial charge in [-0.05, 0) is 47.5 Å². The van der Waals surface area contributed by atoms with Crippen LogP contribution < -0.4 is 10.6 Å². The van der Waals surface area contributed by atoms with Crippen molar-refractivity contribution < 1.29 is 19.1 Å². The Morgan fingerprint density at radius 3 is 2.08 bits per heavy atom. The van der Waals surface area contributed by atoms with Crippen LogP contribution in [0.25, 0.3) is 0 Å². The molecule has 0 aliphatic carbocycles. The number of hydrogen-bond acceptors (Lipinski definition) is 4. The summed E-state index contributed by atoms with van der Waals surface area (Å²) in [6.07, 6.45) is 0.841. The summed E-state index contributed by atoms with van der Waals surface area (Å²) in [5.41, 5.74) is -1.17. The molecule has 2 N–H and O–H groups in total. The highest BCUT2D eigenvalue weighted by Crippen LogP contribution is 2.17. The number of hydrogen-bond donors (Lipinski definition) is 2. The van der Waals surface area contributed by atoms with Gasteiger partial charge in [-0.1, -0.05) is 0 Å². The third kappa shape index (κ3) is 7.19. The second kappa shape index (κ2) is 7.85. The van der Waals surface area contributed by atoms with Crippen LogP contribution in [0.3, 0.4) is 0 Å². The molecule has 0 spiro atoms. The van der Waals surface area contributed by atoms with Crippen molar-refractivity contribution in [3.63, 3.8) is 0 Å². The first-order chi connectivity index (χ1) is 10.9. The molecular weight excluding hydrogens is 310 g/mol. The molecule has 24 heavy (non-hydrogen) atoms. The Morgan fingerprint density at radius 1 is 1.08 bits per heavy atom. The SMILES string of the molecule is CC(=O)N1CCC(C(=O)NCC(C)(C)NC(=O)OC(C)(C)C)CC1. The van der Waals surface area contributed by atoms with Crippen molar-refractivity contribution in [3.8, 4) is 0 Å². The quantitative estimate of drug-likeness (QED) is 0.814. The molecule has 138 valence electrons. The van der Waals surface area contributed by atoms with Crippen molar-refractivity contribution in [1.29, 1.82) is 0 Å². The molecule has 0 aromatic rings. The van der Waals surface area contributed by atoms with E-state index in [-0.39, 0.29) is 17.7 Å². The van der Waals surface area contributed by atoms with Crippen molar-refractivity contribution >= 4 is 17.9 Å². The number of amides is 3. The Bertz CT molecular complexity index is 475. The maximum Gasteiger partial charge on any atom is 0.408 e. The highest BCUT2D eigenvalue weighted by molar-refractivity contribution is 5.79. The Hall–Kier alpha value is -1.79. The lowest BCUT2D eigenvalue weighted by Crippen LogP contribution is -2.53. The monoisotopic (exact) mass is 341 g/mol. The van der Waals surface area contributed by atoms with Crippen molar-refractivity contribution in [3.05, 3.63) is 0 Å². The standard InChI is InChI=1S/C17H31N3O4/c1-12(21)20-9-7-13(8-10-20)14(22)18-11-17(5,6)19-15(23)24-16(2,3)4/h13H,7-11H2,1-6H3,(H,18,22)(H,19,23). The van der Waals surface area contributed by atoms with E-state index in [1.165, 1.54) is 0 Å². The van der Waals surface area contributed by atoms with E-state index in [4.69, 9.17) is 4.74 Å². The molecule has 1 heterocycles. The largest absolute Gasteiger partial charge is 0.444 e. The highest BCUT2D eigenvalue weighted by atomic mass is 16.6. The first-order valence-electron chi connectivity index (χ1n) is 8.44. The Kier molecular flexibility index (Phi) is 6.63. The molecule has 7 heteroatoms. The average molecular weight is 341 g/mol. The molecule has 0 unspecified atom stereocenters. The zero-order valence-corrected chi connectivity index (χ0v) is 15.7. The number of carbonyl (C=O) groups is 3. The normalized spacial score (nSPS) is 16.5. The minimum atomic E-state index is -0.613. The summed E-state index contributed by atoms with van der Waals surface area (Å²) in [7, 11) is 0. The average Bonchev–Trinajstić information content (AvgIpc) is 2.42. The van der Waals surface area contributed by atoms with Crippen molar-refractivity contribution in [2.45, 2.75) is 65.5 Å². The number of nitrogens with one attached hydrogen (secondary N) is 2. The smallest absolute Gasteiger partial charge is 0.408 e. The van der Waals surface area contributed by atoms with E-state index >= 15 is 0 Å². The molecule has 0 aromatic heterocycles. The summed E-state index contributed by atoms with van der Waals surface area (Å²) < 4.78 is 5.23. The van der Waals surface area contributed by atoms with Crippen molar-refractivity contribution in [2.75, 3.05) is 19.6 Å². The Labute approximate surface area is 144 Å². The van der Waals surface area contributed by atoms with E-state index in [1.807, 2.05) is 13.8 Å². The van der Waals surface area contributed by atoms with Gasteiger partial charge in [0.05, 0.1) is 5.54 Å². The predicted octanol–water partition coefficient (Wildman–Crippen LogP) is 1.66. The highest BCUT2D eigenvalue weighted by Gasteiger charge is 2.29. The number of alkyl carbamates (subject to hydrolysis) is 1. The van der Waals surface area contributed by atoms with E-state index in [1.54, 1.807) is 32.6 Å². The van der Waals surface area contributed by atoms with E-state index in [0.29, 0.717) is 32.5 Å². The van der Waals surface area contributed by atoms with Crippen LogP contribution in [0.4, 0.5) is 4.79 Å². The van der Waals surface area contributed by atoms with Crippen molar-refractivity contribution in [2.24, 2.45) is 5.92 Å². The molecular formula is C17H31N3O4.